The fourth-order valence-corrected chi connectivity index (χ4v) is 5.99. The second kappa shape index (κ2) is 10.1. The van der Waals surface area contributed by atoms with Gasteiger partial charge in [0.1, 0.15) is 11.5 Å². The van der Waals surface area contributed by atoms with Gasteiger partial charge in [-0.3, -0.25) is 9.36 Å². The van der Waals surface area contributed by atoms with Crippen molar-refractivity contribution in [2.45, 2.75) is 19.9 Å². The van der Waals surface area contributed by atoms with E-state index in [0.29, 0.717) is 59.2 Å². The number of esters is 1. The molecule has 2 aliphatic rings. The monoisotopic (exact) mass is 582 g/mol. The van der Waals surface area contributed by atoms with Gasteiger partial charge >= 0.3 is 5.97 Å². The smallest absolute Gasteiger partial charge is 0.338 e. The summed E-state index contributed by atoms with van der Waals surface area (Å²) in [5.41, 5.74) is 1.74. The van der Waals surface area contributed by atoms with Crippen LogP contribution in [0.3, 0.4) is 0 Å². The second-order valence-corrected chi connectivity index (χ2v) is 10.6. The number of rotatable bonds is 5. The number of thiazole rings is 1. The summed E-state index contributed by atoms with van der Waals surface area (Å²) in [6, 6.07) is 13.2. The Morgan fingerprint density at radius 3 is 2.79 bits per heavy atom. The molecular formula is C28H20Cl2N2O6S. The molecule has 0 fully saturated rings. The van der Waals surface area contributed by atoms with Crippen molar-refractivity contribution in [1.82, 2.24) is 4.57 Å². The molecule has 2 aliphatic heterocycles. The molecule has 4 aromatic rings. The predicted molar refractivity (Wildman–Crippen MR) is 147 cm³/mol. The summed E-state index contributed by atoms with van der Waals surface area (Å²) in [4.78, 5) is 31.9. The SMILES string of the molecule is CCOC(=O)C1=C(C)N=c2s/c(=C/c3ccc(-c4cc(Cl)ccc4Cl)o3)c(=O)n2C1c1ccc2c(c1)OCO2. The summed E-state index contributed by atoms with van der Waals surface area (Å²) in [7, 11) is 0. The first-order chi connectivity index (χ1) is 18.8. The van der Waals surface area contributed by atoms with Crippen molar-refractivity contribution in [3.63, 3.8) is 0 Å². The molecule has 2 aromatic heterocycles. The van der Waals surface area contributed by atoms with Crippen LogP contribution in [0.5, 0.6) is 11.5 Å². The molecule has 4 heterocycles. The first kappa shape index (κ1) is 25.5. The topological polar surface area (TPSA) is 92.3 Å². The third-order valence-corrected chi connectivity index (χ3v) is 7.87. The summed E-state index contributed by atoms with van der Waals surface area (Å²) in [5.74, 6) is 1.56. The molecule has 0 radical (unpaired) electrons. The average Bonchev–Trinajstić information content (AvgIpc) is 3.64. The number of benzene rings is 2. The maximum absolute atomic E-state index is 13.8. The van der Waals surface area contributed by atoms with Gasteiger partial charge in [0, 0.05) is 16.7 Å². The van der Waals surface area contributed by atoms with Gasteiger partial charge in [-0.1, -0.05) is 40.6 Å². The van der Waals surface area contributed by atoms with Gasteiger partial charge in [0.25, 0.3) is 5.56 Å². The molecule has 0 amide bonds. The van der Waals surface area contributed by atoms with Gasteiger partial charge in [0.05, 0.1) is 33.5 Å². The summed E-state index contributed by atoms with van der Waals surface area (Å²) in [5, 5.41) is 1.02. The molecule has 0 aliphatic carbocycles. The molecule has 198 valence electrons. The minimum Gasteiger partial charge on any atom is -0.463 e. The van der Waals surface area contributed by atoms with E-state index in [9.17, 15) is 9.59 Å². The van der Waals surface area contributed by atoms with Gasteiger partial charge in [-0.2, -0.15) is 0 Å². The van der Waals surface area contributed by atoms with Crippen molar-refractivity contribution < 1.29 is 23.4 Å². The van der Waals surface area contributed by atoms with E-state index in [1.807, 2.05) is 0 Å². The van der Waals surface area contributed by atoms with Crippen LogP contribution in [0.1, 0.15) is 31.2 Å². The minimum absolute atomic E-state index is 0.104. The van der Waals surface area contributed by atoms with Gasteiger partial charge < -0.3 is 18.6 Å². The highest BCUT2D eigenvalue weighted by atomic mass is 35.5. The molecule has 0 spiro atoms. The highest BCUT2D eigenvalue weighted by Gasteiger charge is 2.34. The van der Waals surface area contributed by atoms with Crippen molar-refractivity contribution in [3.05, 3.63) is 101 Å². The average molecular weight is 583 g/mol. The predicted octanol–water partition coefficient (Wildman–Crippen LogP) is 5.09. The number of ether oxygens (including phenoxy) is 3. The fraction of sp³-hybridized carbons (Fsp3) is 0.179. The lowest BCUT2D eigenvalue weighted by atomic mass is 9.95. The molecule has 0 saturated carbocycles. The summed E-state index contributed by atoms with van der Waals surface area (Å²) in [6.07, 6.45) is 1.64. The first-order valence-corrected chi connectivity index (χ1v) is 13.6. The molecule has 11 heteroatoms. The number of hydrogen-bond donors (Lipinski definition) is 0. The van der Waals surface area contributed by atoms with Crippen LogP contribution >= 0.6 is 34.5 Å². The van der Waals surface area contributed by atoms with Crippen LogP contribution in [-0.4, -0.2) is 23.9 Å². The summed E-state index contributed by atoms with van der Waals surface area (Å²) in [6.45, 7) is 3.75. The maximum atomic E-state index is 13.8. The van der Waals surface area contributed by atoms with Crippen LogP contribution in [0.25, 0.3) is 17.4 Å². The van der Waals surface area contributed by atoms with Crippen molar-refractivity contribution in [3.8, 4) is 22.8 Å². The number of fused-ring (bicyclic) bond motifs is 2. The molecule has 1 atom stereocenters. The Labute approximate surface area is 236 Å². The largest absolute Gasteiger partial charge is 0.463 e. The molecule has 0 saturated heterocycles. The van der Waals surface area contributed by atoms with E-state index in [4.69, 9.17) is 41.8 Å². The normalized spacial score (nSPS) is 16.3. The Morgan fingerprint density at radius 1 is 1.15 bits per heavy atom. The number of halogens is 2. The molecule has 6 rings (SSSR count). The number of carbonyl (C=O) groups is 1. The highest BCUT2D eigenvalue weighted by molar-refractivity contribution is 7.07. The maximum Gasteiger partial charge on any atom is 0.338 e. The number of aromatic nitrogens is 1. The van der Waals surface area contributed by atoms with E-state index < -0.39 is 12.0 Å². The number of carbonyl (C=O) groups excluding carboxylic acids is 1. The molecule has 2 aromatic carbocycles. The van der Waals surface area contributed by atoms with E-state index in [1.165, 1.54) is 15.9 Å². The third-order valence-electron chi connectivity index (χ3n) is 6.32. The quantitative estimate of drug-likeness (QED) is 0.304. The van der Waals surface area contributed by atoms with E-state index in [2.05, 4.69) is 4.99 Å². The van der Waals surface area contributed by atoms with Crippen LogP contribution in [0.2, 0.25) is 10.0 Å². The van der Waals surface area contributed by atoms with Crippen molar-refractivity contribution >= 4 is 46.6 Å². The molecule has 1 unspecified atom stereocenters. The van der Waals surface area contributed by atoms with Crippen molar-refractivity contribution in [1.29, 1.82) is 0 Å². The molecular weight excluding hydrogens is 563 g/mol. The molecule has 39 heavy (non-hydrogen) atoms. The number of furan rings is 1. The van der Waals surface area contributed by atoms with Gasteiger partial charge in [-0.25, -0.2) is 9.79 Å². The van der Waals surface area contributed by atoms with Gasteiger partial charge in [-0.15, -0.1) is 0 Å². The lowest BCUT2D eigenvalue weighted by Gasteiger charge is -2.24. The lowest BCUT2D eigenvalue weighted by molar-refractivity contribution is -0.139. The fourth-order valence-electron chi connectivity index (χ4n) is 4.58. The van der Waals surface area contributed by atoms with E-state index in [-0.39, 0.29) is 24.5 Å². The second-order valence-electron chi connectivity index (χ2n) is 8.74. The van der Waals surface area contributed by atoms with Crippen LogP contribution in [0.15, 0.2) is 74.0 Å². The van der Waals surface area contributed by atoms with E-state index in [1.54, 1.807) is 68.5 Å². The third kappa shape index (κ3) is 4.56. The Kier molecular flexibility index (Phi) is 6.58. The Bertz CT molecular complexity index is 1850. The minimum atomic E-state index is -0.769. The standard InChI is InChI=1S/C28H20Cl2N2O6S/c1-3-35-27(34)24-14(2)31-28-32(25(24)15-4-8-21-22(10-15)37-13-36-21)26(33)23(39-28)12-17-6-9-20(38-17)18-11-16(29)5-7-19(18)30/h4-12,25H,3,13H2,1-2H3/b23-12+. The van der Waals surface area contributed by atoms with Crippen LogP contribution in [-0.2, 0) is 9.53 Å². The molecule has 0 bridgehead atoms. The zero-order valence-electron chi connectivity index (χ0n) is 20.7. The van der Waals surface area contributed by atoms with Crippen molar-refractivity contribution in [2.24, 2.45) is 4.99 Å². The summed E-state index contributed by atoms with van der Waals surface area (Å²) >= 11 is 13.7. The Hall–Kier alpha value is -3.79. The number of hydrogen-bond acceptors (Lipinski definition) is 8. The van der Waals surface area contributed by atoms with E-state index >= 15 is 0 Å². The molecule has 8 nitrogen and oxygen atoms in total. The number of nitrogens with zero attached hydrogens (tertiary/aromatic N) is 2. The highest BCUT2D eigenvalue weighted by Crippen LogP contribution is 2.38. The Morgan fingerprint density at radius 2 is 1.97 bits per heavy atom. The van der Waals surface area contributed by atoms with Crippen LogP contribution in [0.4, 0.5) is 0 Å². The van der Waals surface area contributed by atoms with Gasteiger partial charge in [0.2, 0.25) is 6.79 Å². The van der Waals surface area contributed by atoms with Crippen LogP contribution < -0.4 is 24.4 Å². The first-order valence-electron chi connectivity index (χ1n) is 12.0. The number of allylic oxidation sites excluding steroid dienone is 1. The lowest BCUT2D eigenvalue weighted by Crippen LogP contribution is -2.39. The molecule has 0 N–H and O–H groups in total. The zero-order valence-corrected chi connectivity index (χ0v) is 23.0. The van der Waals surface area contributed by atoms with Gasteiger partial charge in [0.15, 0.2) is 16.3 Å². The Balaban J connectivity index is 1.48. The van der Waals surface area contributed by atoms with Crippen molar-refractivity contribution in [2.75, 3.05) is 13.4 Å². The summed E-state index contributed by atoms with van der Waals surface area (Å²) < 4.78 is 24.2. The van der Waals surface area contributed by atoms with Crippen LogP contribution in [0, 0.1) is 0 Å². The zero-order chi connectivity index (χ0) is 27.3. The van der Waals surface area contributed by atoms with E-state index in [0.717, 1.165) is 0 Å². The van der Waals surface area contributed by atoms with Gasteiger partial charge in [-0.05, 0) is 61.9 Å².